The third-order valence-corrected chi connectivity index (χ3v) is 3.76. The van der Waals surface area contributed by atoms with Gasteiger partial charge < -0.3 is 20.1 Å². The average molecular weight is 291 g/mol. The monoisotopic (exact) mass is 291 g/mol. The first kappa shape index (κ1) is 12.7. The molecule has 110 valence electrons. The number of rotatable bonds is 2. The Hall–Kier alpha value is -2.07. The molecule has 21 heavy (non-hydrogen) atoms. The van der Waals surface area contributed by atoms with Crippen LogP contribution in [0.25, 0.3) is 16.7 Å². The van der Waals surface area contributed by atoms with Crippen molar-refractivity contribution in [2.45, 2.75) is 24.5 Å². The maximum Gasteiger partial charge on any atom is 0.166 e. The number of hydrogen-bond acceptors (Lipinski definition) is 7. The fourth-order valence-electron chi connectivity index (χ4n) is 2.66. The zero-order valence-corrected chi connectivity index (χ0v) is 10.8. The molecule has 9 nitrogen and oxygen atoms in total. The summed E-state index contributed by atoms with van der Waals surface area (Å²) in [5.74, 6) is 0. The van der Waals surface area contributed by atoms with Crippen LogP contribution >= 0.6 is 0 Å². The summed E-state index contributed by atoms with van der Waals surface area (Å²) < 4.78 is 8.63. The van der Waals surface area contributed by atoms with Crippen LogP contribution in [0.1, 0.15) is 6.23 Å². The molecule has 3 aromatic heterocycles. The second-order valence-electron chi connectivity index (χ2n) is 4.96. The molecule has 4 atom stereocenters. The van der Waals surface area contributed by atoms with Gasteiger partial charge >= 0.3 is 0 Å². The standard InChI is InChI=1S/C12H13N5O4/c18-3-7-9(19)10(20)12(21-7)16-4-13-8-6-1-2-15-17(6)5-14-11(8)16/h1-2,4-5,7,9-10,12,18-20H,3H2/t7-,9-,10-,12-/m1/s1. The van der Waals surface area contributed by atoms with Crippen LogP contribution < -0.4 is 0 Å². The molecule has 0 bridgehead atoms. The number of imidazole rings is 1. The van der Waals surface area contributed by atoms with Crippen molar-refractivity contribution in [3.63, 3.8) is 0 Å². The number of aliphatic hydroxyl groups is 3. The van der Waals surface area contributed by atoms with Crippen LogP contribution in [0.15, 0.2) is 24.9 Å². The normalized spacial score (nSPS) is 29.7. The fourth-order valence-corrected chi connectivity index (χ4v) is 2.66. The summed E-state index contributed by atoms with van der Waals surface area (Å²) >= 11 is 0. The van der Waals surface area contributed by atoms with E-state index in [9.17, 15) is 10.2 Å². The van der Waals surface area contributed by atoms with E-state index in [0.29, 0.717) is 11.2 Å². The van der Waals surface area contributed by atoms with E-state index in [0.717, 1.165) is 5.52 Å². The van der Waals surface area contributed by atoms with Crippen molar-refractivity contribution >= 4 is 16.7 Å². The summed E-state index contributed by atoms with van der Waals surface area (Å²) in [5, 5.41) is 33.1. The smallest absolute Gasteiger partial charge is 0.166 e. The molecule has 3 aromatic rings. The van der Waals surface area contributed by atoms with Crippen molar-refractivity contribution in [3.8, 4) is 0 Å². The Bertz CT molecular complexity index is 799. The molecule has 0 radical (unpaired) electrons. The van der Waals surface area contributed by atoms with E-state index >= 15 is 0 Å². The number of fused-ring (bicyclic) bond motifs is 3. The first-order valence-electron chi connectivity index (χ1n) is 6.48. The van der Waals surface area contributed by atoms with E-state index in [4.69, 9.17) is 9.84 Å². The minimum absolute atomic E-state index is 0.373. The molecule has 0 aromatic carbocycles. The third-order valence-electron chi connectivity index (χ3n) is 3.76. The highest BCUT2D eigenvalue weighted by atomic mass is 16.6. The summed E-state index contributed by atoms with van der Waals surface area (Å²) in [6, 6.07) is 1.80. The number of ether oxygens (including phenoxy) is 1. The molecule has 0 amide bonds. The van der Waals surface area contributed by atoms with E-state index in [2.05, 4.69) is 15.1 Å². The van der Waals surface area contributed by atoms with Crippen molar-refractivity contribution in [2.24, 2.45) is 0 Å². The van der Waals surface area contributed by atoms with Crippen molar-refractivity contribution in [2.75, 3.05) is 6.61 Å². The maximum atomic E-state index is 10.1. The molecule has 4 heterocycles. The van der Waals surface area contributed by atoms with Gasteiger partial charge in [-0.1, -0.05) is 0 Å². The molecule has 0 spiro atoms. The van der Waals surface area contributed by atoms with Gasteiger partial charge in [0.25, 0.3) is 0 Å². The molecule has 0 unspecified atom stereocenters. The average Bonchev–Trinajstić information content (AvgIpc) is 3.17. The number of nitrogens with zero attached hydrogens (tertiary/aromatic N) is 5. The Labute approximate surface area is 118 Å². The molecule has 0 aliphatic carbocycles. The molecule has 1 fully saturated rings. The third kappa shape index (κ3) is 1.69. The van der Waals surface area contributed by atoms with Crippen LogP contribution in [-0.4, -0.2) is 64.4 Å². The van der Waals surface area contributed by atoms with E-state index in [1.807, 2.05) is 0 Å². The van der Waals surface area contributed by atoms with Crippen LogP contribution in [0.4, 0.5) is 0 Å². The summed E-state index contributed by atoms with van der Waals surface area (Å²) in [5.41, 5.74) is 1.91. The first-order valence-corrected chi connectivity index (χ1v) is 6.48. The Morgan fingerprint density at radius 3 is 2.81 bits per heavy atom. The largest absolute Gasteiger partial charge is 0.394 e. The van der Waals surface area contributed by atoms with E-state index in [1.165, 1.54) is 12.7 Å². The van der Waals surface area contributed by atoms with Crippen molar-refractivity contribution < 1.29 is 20.1 Å². The van der Waals surface area contributed by atoms with E-state index in [1.54, 1.807) is 21.3 Å². The van der Waals surface area contributed by atoms with Gasteiger partial charge in [-0.05, 0) is 6.07 Å². The lowest BCUT2D eigenvalue weighted by atomic mass is 10.1. The van der Waals surface area contributed by atoms with E-state index < -0.39 is 24.5 Å². The Balaban J connectivity index is 1.84. The lowest BCUT2D eigenvalue weighted by Gasteiger charge is -2.16. The van der Waals surface area contributed by atoms with Gasteiger partial charge in [-0.3, -0.25) is 4.57 Å². The van der Waals surface area contributed by atoms with Gasteiger partial charge in [0, 0.05) is 0 Å². The molecule has 0 saturated carbocycles. The highest BCUT2D eigenvalue weighted by Crippen LogP contribution is 2.31. The van der Waals surface area contributed by atoms with Crippen molar-refractivity contribution in [1.82, 2.24) is 24.1 Å². The summed E-state index contributed by atoms with van der Waals surface area (Å²) in [6.07, 6.45) is 0.671. The minimum atomic E-state index is -1.16. The van der Waals surface area contributed by atoms with Crippen LogP contribution in [0.3, 0.4) is 0 Å². The van der Waals surface area contributed by atoms with Gasteiger partial charge in [-0.15, -0.1) is 0 Å². The number of hydrogen-bond donors (Lipinski definition) is 3. The molecule has 3 N–H and O–H groups in total. The molecule has 9 heteroatoms. The predicted molar refractivity (Wildman–Crippen MR) is 69.3 cm³/mol. The Morgan fingerprint density at radius 2 is 2.05 bits per heavy atom. The molecule has 1 aliphatic heterocycles. The highest BCUT2D eigenvalue weighted by molar-refractivity contribution is 5.87. The number of aliphatic hydroxyl groups excluding tert-OH is 3. The summed E-state index contributed by atoms with van der Waals surface area (Å²) in [6.45, 7) is -0.373. The summed E-state index contributed by atoms with van der Waals surface area (Å²) in [7, 11) is 0. The van der Waals surface area contributed by atoms with Gasteiger partial charge in [-0.25, -0.2) is 14.5 Å². The highest BCUT2D eigenvalue weighted by Gasteiger charge is 2.43. The molecular formula is C12H13N5O4. The van der Waals surface area contributed by atoms with Crippen LogP contribution in [0.2, 0.25) is 0 Å². The fraction of sp³-hybridized carbons (Fsp3) is 0.417. The minimum Gasteiger partial charge on any atom is -0.394 e. The maximum absolute atomic E-state index is 10.1. The summed E-state index contributed by atoms with van der Waals surface area (Å²) in [4.78, 5) is 8.54. The number of aromatic nitrogens is 5. The van der Waals surface area contributed by atoms with Gasteiger partial charge in [-0.2, -0.15) is 5.10 Å². The Morgan fingerprint density at radius 1 is 1.19 bits per heavy atom. The van der Waals surface area contributed by atoms with Crippen molar-refractivity contribution in [1.29, 1.82) is 0 Å². The second-order valence-corrected chi connectivity index (χ2v) is 4.96. The quantitative estimate of drug-likeness (QED) is 0.536. The molecule has 4 rings (SSSR count). The molecule has 1 aliphatic rings. The first-order chi connectivity index (χ1) is 10.2. The topological polar surface area (TPSA) is 118 Å². The second kappa shape index (κ2) is 4.46. The SMILES string of the molecule is OC[C@H]1O[C@@H](n2cnc3c2ncn2nccc32)[C@H](O)[C@@H]1O. The van der Waals surface area contributed by atoms with Crippen LogP contribution in [0, 0.1) is 0 Å². The van der Waals surface area contributed by atoms with Crippen molar-refractivity contribution in [3.05, 3.63) is 24.9 Å². The predicted octanol–water partition coefficient (Wildman–Crippen LogP) is -1.31. The van der Waals surface area contributed by atoms with Gasteiger partial charge in [0.1, 0.15) is 30.2 Å². The Kier molecular flexibility index (Phi) is 2.69. The van der Waals surface area contributed by atoms with E-state index in [-0.39, 0.29) is 6.61 Å². The zero-order valence-electron chi connectivity index (χ0n) is 10.8. The lowest BCUT2D eigenvalue weighted by molar-refractivity contribution is -0.0511. The van der Waals surface area contributed by atoms with Gasteiger partial charge in [0.15, 0.2) is 11.9 Å². The molecular weight excluding hydrogens is 278 g/mol. The lowest BCUT2D eigenvalue weighted by Crippen LogP contribution is -2.33. The zero-order chi connectivity index (χ0) is 14.6. The van der Waals surface area contributed by atoms with Crippen LogP contribution in [0.5, 0.6) is 0 Å². The van der Waals surface area contributed by atoms with Crippen LogP contribution in [-0.2, 0) is 4.74 Å². The van der Waals surface area contributed by atoms with Gasteiger partial charge in [0.05, 0.1) is 24.6 Å². The molecule has 1 saturated heterocycles. The van der Waals surface area contributed by atoms with Gasteiger partial charge in [0.2, 0.25) is 0 Å².